The predicted molar refractivity (Wildman–Crippen MR) is 124 cm³/mol. The van der Waals surface area contributed by atoms with Gasteiger partial charge in [0, 0.05) is 29.7 Å². The molecule has 4 rings (SSSR count). The van der Waals surface area contributed by atoms with Gasteiger partial charge in [0.2, 0.25) is 10.0 Å². The van der Waals surface area contributed by atoms with E-state index in [2.05, 4.69) is 20.5 Å². The van der Waals surface area contributed by atoms with Gasteiger partial charge in [-0.05, 0) is 51.0 Å². The molecule has 0 saturated heterocycles. The van der Waals surface area contributed by atoms with Gasteiger partial charge in [-0.3, -0.25) is 4.98 Å². The van der Waals surface area contributed by atoms with Crippen LogP contribution in [0.1, 0.15) is 57.6 Å². The molecule has 1 aliphatic rings. The fourth-order valence-electron chi connectivity index (χ4n) is 4.61. The zero-order valence-electron chi connectivity index (χ0n) is 19.0. The number of sulfonamides is 1. The summed E-state index contributed by atoms with van der Waals surface area (Å²) in [6, 6.07) is 9.65. The lowest BCUT2D eigenvalue weighted by Crippen LogP contribution is -2.30. The molecule has 10 heteroatoms. The van der Waals surface area contributed by atoms with Crippen LogP contribution in [-0.2, 0) is 10.0 Å². The minimum absolute atomic E-state index is 0.0160. The molecule has 1 N–H and O–H groups in total. The summed E-state index contributed by atoms with van der Waals surface area (Å²) < 4.78 is 59.9. The monoisotopic (exact) mass is 488 g/mol. The zero-order valence-corrected chi connectivity index (χ0v) is 19.8. The molecule has 0 unspecified atom stereocenters. The Hall–Kier alpha value is -3.03. The largest absolute Gasteiger partial charge is 0.435 e. The van der Waals surface area contributed by atoms with Crippen molar-refractivity contribution in [2.45, 2.75) is 69.5 Å². The molecule has 0 radical (unpaired) electrons. The van der Waals surface area contributed by atoms with Crippen molar-refractivity contribution in [2.75, 3.05) is 0 Å². The Bertz CT molecular complexity index is 1320. The van der Waals surface area contributed by atoms with Crippen LogP contribution in [0.2, 0.25) is 0 Å². The third-order valence-electron chi connectivity index (χ3n) is 5.93. The van der Waals surface area contributed by atoms with Crippen molar-refractivity contribution in [3.63, 3.8) is 0 Å². The highest BCUT2D eigenvalue weighted by Gasteiger charge is 2.27. The van der Waals surface area contributed by atoms with Gasteiger partial charge in [0.25, 0.3) is 0 Å². The fourth-order valence-corrected chi connectivity index (χ4v) is 5.80. The summed E-state index contributed by atoms with van der Waals surface area (Å²) in [7, 11) is -3.72. The Morgan fingerprint density at radius 1 is 1.18 bits per heavy atom. The molecule has 34 heavy (non-hydrogen) atoms. The SMILES string of the molecule is CC(C)NS(=O)(=O)c1ccc(-c2c(C#N)c3ccc(OC(F)F)cc3n2C2CCCCC2)nc1. The summed E-state index contributed by atoms with van der Waals surface area (Å²) in [4.78, 5) is 4.43. The Morgan fingerprint density at radius 3 is 2.50 bits per heavy atom. The number of hydrogen-bond donors (Lipinski definition) is 1. The van der Waals surface area contributed by atoms with E-state index in [1.165, 1.54) is 24.4 Å². The van der Waals surface area contributed by atoms with Crippen LogP contribution >= 0.6 is 0 Å². The summed E-state index contributed by atoms with van der Waals surface area (Å²) in [5.41, 5.74) is 1.99. The molecule has 1 saturated carbocycles. The molecule has 1 aromatic carbocycles. The summed E-state index contributed by atoms with van der Waals surface area (Å²) in [6.07, 6.45) is 6.19. The Morgan fingerprint density at radius 2 is 1.91 bits per heavy atom. The van der Waals surface area contributed by atoms with Crippen molar-refractivity contribution in [1.29, 1.82) is 5.26 Å². The first-order valence-electron chi connectivity index (χ1n) is 11.2. The highest BCUT2D eigenvalue weighted by atomic mass is 32.2. The molecule has 0 bridgehead atoms. The number of rotatable bonds is 7. The molecule has 3 aromatic rings. The first-order valence-corrected chi connectivity index (χ1v) is 12.7. The minimum atomic E-state index is -3.72. The first kappa shape index (κ1) is 24.1. The van der Waals surface area contributed by atoms with Crippen LogP contribution in [0.4, 0.5) is 8.78 Å². The number of nitriles is 1. The Balaban J connectivity index is 1.89. The number of nitrogens with one attached hydrogen (secondary N) is 1. The Labute approximate surface area is 197 Å². The first-order chi connectivity index (χ1) is 16.2. The van der Waals surface area contributed by atoms with Gasteiger partial charge in [-0.15, -0.1) is 0 Å². The van der Waals surface area contributed by atoms with Crippen molar-refractivity contribution < 1.29 is 21.9 Å². The van der Waals surface area contributed by atoms with Crippen molar-refractivity contribution in [2.24, 2.45) is 0 Å². The van der Waals surface area contributed by atoms with Gasteiger partial charge < -0.3 is 9.30 Å². The highest BCUT2D eigenvalue weighted by molar-refractivity contribution is 7.89. The number of pyridine rings is 1. The highest BCUT2D eigenvalue weighted by Crippen LogP contribution is 2.41. The van der Waals surface area contributed by atoms with Crippen molar-refractivity contribution in [1.82, 2.24) is 14.3 Å². The van der Waals surface area contributed by atoms with Crippen molar-refractivity contribution >= 4 is 20.9 Å². The van der Waals surface area contributed by atoms with Gasteiger partial charge in [-0.2, -0.15) is 14.0 Å². The van der Waals surface area contributed by atoms with Crippen LogP contribution in [0, 0.1) is 11.3 Å². The average Bonchev–Trinajstić information content (AvgIpc) is 3.12. The van der Waals surface area contributed by atoms with Gasteiger partial charge >= 0.3 is 6.61 Å². The Kier molecular flexibility index (Phi) is 6.86. The van der Waals surface area contributed by atoms with E-state index < -0.39 is 16.6 Å². The maximum atomic E-state index is 12.9. The number of aromatic nitrogens is 2. The van der Waals surface area contributed by atoms with Crippen LogP contribution in [-0.4, -0.2) is 30.6 Å². The molecule has 1 aliphatic carbocycles. The van der Waals surface area contributed by atoms with E-state index in [4.69, 9.17) is 0 Å². The van der Waals surface area contributed by atoms with E-state index >= 15 is 0 Å². The van der Waals surface area contributed by atoms with Crippen LogP contribution in [0.15, 0.2) is 41.4 Å². The van der Waals surface area contributed by atoms with Crippen LogP contribution < -0.4 is 9.46 Å². The minimum Gasteiger partial charge on any atom is -0.435 e. The number of nitrogens with zero attached hydrogens (tertiary/aromatic N) is 3. The third-order valence-corrected chi connectivity index (χ3v) is 7.58. The fraction of sp³-hybridized carbons (Fsp3) is 0.417. The van der Waals surface area contributed by atoms with E-state index in [-0.39, 0.29) is 22.7 Å². The molecule has 0 amide bonds. The molecule has 2 aromatic heterocycles. The lowest BCUT2D eigenvalue weighted by molar-refractivity contribution is -0.0497. The summed E-state index contributed by atoms with van der Waals surface area (Å²) in [6.45, 7) is 0.501. The second-order valence-corrected chi connectivity index (χ2v) is 10.4. The van der Waals surface area contributed by atoms with Crippen molar-refractivity contribution in [3.8, 4) is 23.2 Å². The molecular formula is C24H26F2N4O3S. The van der Waals surface area contributed by atoms with E-state index in [9.17, 15) is 22.5 Å². The molecule has 0 atom stereocenters. The molecule has 0 aliphatic heterocycles. The number of fused-ring (bicyclic) bond motifs is 1. The maximum Gasteiger partial charge on any atom is 0.387 e. The summed E-state index contributed by atoms with van der Waals surface area (Å²) in [5, 5.41) is 10.7. The van der Waals surface area contributed by atoms with E-state index in [1.807, 2.05) is 4.57 Å². The molecular weight excluding hydrogens is 462 g/mol. The van der Waals surface area contributed by atoms with Gasteiger partial charge in [-0.25, -0.2) is 13.1 Å². The second-order valence-electron chi connectivity index (χ2n) is 8.71. The van der Waals surface area contributed by atoms with E-state index in [1.54, 1.807) is 26.0 Å². The molecule has 7 nitrogen and oxygen atoms in total. The number of alkyl halides is 2. The van der Waals surface area contributed by atoms with Crippen LogP contribution in [0.3, 0.4) is 0 Å². The van der Waals surface area contributed by atoms with Gasteiger partial charge in [0.15, 0.2) is 0 Å². The van der Waals surface area contributed by atoms with E-state index in [0.717, 1.165) is 32.1 Å². The lowest BCUT2D eigenvalue weighted by Gasteiger charge is -2.26. The average molecular weight is 489 g/mol. The predicted octanol–water partition coefficient (Wildman–Crippen LogP) is 5.37. The quantitative estimate of drug-likeness (QED) is 0.482. The molecule has 0 spiro atoms. The smallest absolute Gasteiger partial charge is 0.387 e. The van der Waals surface area contributed by atoms with Crippen LogP contribution in [0.5, 0.6) is 5.75 Å². The maximum absolute atomic E-state index is 12.9. The third kappa shape index (κ3) is 4.76. The molecule has 1 fully saturated rings. The zero-order chi connectivity index (χ0) is 24.5. The van der Waals surface area contributed by atoms with Gasteiger partial charge in [0.05, 0.1) is 22.5 Å². The summed E-state index contributed by atoms with van der Waals surface area (Å²) in [5.74, 6) is 0.0160. The number of hydrogen-bond acceptors (Lipinski definition) is 5. The topological polar surface area (TPSA) is 97.0 Å². The number of benzene rings is 1. The van der Waals surface area contributed by atoms with Gasteiger partial charge in [0.1, 0.15) is 16.7 Å². The molecule has 2 heterocycles. The standard InChI is InChI=1S/C24H26F2N4O3S/c1-15(2)29-34(31,32)18-9-11-21(28-14-18)23-20(13-27)19-10-8-17(33-24(25)26)12-22(19)30(23)16-6-4-3-5-7-16/h8-12,14-16,24,29H,3-7H2,1-2H3. The lowest BCUT2D eigenvalue weighted by atomic mass is 9.95. The van der Waals surface area contributed by atoms with Gasteiger partial charge in [-0.1, -0.05) is 19.3 Å². The summed E-state index contributed by atoms with van der Waals surface area (Å²) >= 11 is 0. The number of ether oxygens (including phenoxy) is 1. The number of halogens is 2. The van der Waals surface area contributed by atoms with E-state index in [0.29, 0.717) is 27.9 Å². The van der Waals surface area contributed by atoms with Crippen molar-refractivity contribution in [3.05, 3.63) is 42.1 Å². The normalized spacial score (nSPS) is 15.2. The molecule has 180 valence electrons. The van der Waals surface area contributed by atoms with Crippen LogP contribution in [0.25, 0.3) is 22.3 Å². The second kappa shape index (κ2) is 9.68.